The van der Waals surface area contributed by atoms with Crippen LogP contribution in [0.25, 0.3) is 0 Å². The highest BCUT2D eigenvalue weighted by atomic mass is 32.2. The van der Waals surface area contributed by atoms with E-state index in [4.69, 9.17) is 0 Å². The number of rotatable bonds is 3. The second-order valence-corrected chi connectivity index (χ2v) is 9.98. The van der Waals surface area contributed by atoms with Gasteiger partial charge < -0.3 is 10.2 Å². The van der Waals surface area contributed by atoms with Crippen molar-refractivity contribution in [3.63, 3.8) is 0 Å². The Kier molecular flexibility index (Phi) is 4.35. The maximum Gasteiger partial charge on any atom is 0.229 e. The lowest BCUT2D eigenvalue weighted by Gasteiger charge is -2.34. The van der Waals surface area contributed by atoms with Crippen molar-refractivity contribution in [1.82, 2.24) is 9.21 Å². The van der Waals surface area contributed by atoms with E-state index in [1.54, 1.807) is 43.0 Å². The molecule has 2 amide bonds. The van der Waals surface area contributed by atoms with Crippen LogP contribution in [0.3, 0.4) is 0 Å². The largest absolute Gasteiger partial charge is 0.340 e. The van der Waals surface area contributed by atoms with Gasteiger partial charge in [0.2, 0.25) is 21.8 Å². The Morgan fingerprint density at radius 1 is 1.18 bits per heavy atom. The fourth-order valence-corrected chi connectivity index (χ4v) is 5.56. The lowest BCUT2D eigenvalue weighted by Crippen LogP contribution is -2.51. The first-order valence-electron chi connectivity index (χ1n) is 9.43. The van der Waals surface area contributed by atoms with E-state index in [0.29, 0.717) is 11.3 Å². The van der Waals surface area contributed by atoms with E-state index in [9.17, 15) is 22.8 Å². The first-order chi connectivity index (χ1) is 13.2. The fourth-order valence-electron chi connectivity index (χ4n) is 4.47. The summed E-state index contributed by atoms with van der Waals surface area (Å²) in [6.07, 6.45) is 0. The molecule has 3 aliphatic rings. The molecular weight excluding hydrogens is 382 g/mol. The van der Waals surface area contributed by atoms with Crippen LogP contribution in [-0.2, 0) is 19.6 Å². The first-order valence-corrected chi connectivity index (χ1v) is 11.0. The van der Waals surface area contributed by atoms with Crippen molar-refractivity contribution >= 4 is 33.3 Å². The fraction of sp³-hybridized carbons (Fsp3) is 0.526. The van der Waals surface area contributed by atoms with Crippen LogP contribution in [0.1, 0.15) is 24.2 Å². The summed E-state index contributed by atoms with van der Waals surface area (Å²) < 4.78 is 25.4. The molecule has 1 aliphatic carbocycles. The van der Waals surface area contributed by atoms with Crippen LogP contribution >= 0.6 is 0 Å². The lowest BCUT2D eigenvalue weighted by atomic mass is 9.92. The molecule has 1 aromatic carbocycles. The molecule has 3 atom stereocenters. The lowest BCUT2D eigenvalue weighted by molar-refractivity contribution is -0.135. The molecule has 0 radical (unpaired) electrons. The van der Waals surface area contributed by atoms with Crippen molar-refractivity contribution in [3.05, 3.63) is 29.8 Å². The standard InChI is InChI=1S/C19H23N3O5S/c1-3-28(26,27)22-10-8-21(9-11-22)18(25)15-14-17(24)20-13-7-5-4-6-12(13)16(23)19(14,15)2/h4-7,14-15H,3,8-11H2,1-2H3,(H,20,24)/t14?,15-,19-/m0/s1. The Morgan fingerprint density at radius 3 is 2.46 bits per heavy atom. The smallest absolute Gasteiger partial charge is 0.229 e. The molecule has 2 aliphatic heterocycles. The summed E-state index contributed by atoms with van der Waals surface area (Å²) in [5.41, 5.74) is -0.147. The molecule has 1 saturated heterocycles. The Labute approximate surface area is 163 Å². The van der Waals surface area contributed by atoms with Crippen molar-refractivity contribution in [1.29, 1.82) is 0 Å². The molecular formula is C19H23N3O5S. The maximum absolute atomic E-state index is 13.1. The number of carbonyl (C=O) groups excluding carboxylic acids is 3. The summed E-state index contributed by atoms with van der Waals surface area (Å²) in [5, 5.41) is 2.77. The molecule has 2 heterocycles. The predicted octanol–water partition coefficient (Wildman–Crippen LogP) is 0.568. The van der Waals surface area contributed by atoms with Gasteiger partial charge in [0.05, 0.1) is 28.7 Å². The highest BCUT2D eigenvalue weighted by Crippen LogP contribution is 2.62. The number of ketones is 1. The van der Waals surface area contributed by atoms with E-state index < -0.39 is 27.3 Å². The summed E-state index contributed by atoms with van der Waals surface area (Å²) in [6.45, 7) is 4.28. The van der Waals surface area contributed by atoms with Crippen LogP contribution in [0.5, 0.6) is 0 Å². The summed E-state index contributed by atoms with van der Waals surface area (Å²) in [6, 6.07) is 6.83. The highest BCUT2D eigenvalue weighted by molar-refractivity contribution is 7.89. The Hall–Kier alpha value is -2.26. The Balaban J connectivity index is 1.54. The first kappa shape index (κ1) is 19.1. The van der Waals surface area contributed by atoms with Crippen molar-refractivity contribution in [3.8, 4) is 0 Å². The van der Waals surface area contributed by atoms with E-state index in [2.05, 4.69) is 5.32 Å². The van der Waals surface area contributed by atoms with Crippen LogP contribution in [0.2, 0.25) is 0 Å². The van der Waals surface area contributed by atoms with Crippen molar-refractivity contribution in [2.24, 2.45) is 17.3 Å². The Morgan fingerprint density at radius 2 is 1.82 bits per heavy atom. The minimum absolute atomic E-state index is 0.0256. The van der Waals surface area contributed by atoms with E-state index >= 15 is 0 Å². The molecule has 150 valence electrons. The third-order valence-electron chi connectivity index (χ3n) is 6.29. The molecule has 1 aromatic rings. The number of benzene rings is 1. The zero-order valence-electron chi connectivity index (χ0n) is 15.8. The molecule has 8 nitrogen and oxygen atoms in total. The number of piperazine rings is 1. The van der Waals surface area contributed by atoms with Gasteiger partial charge in [-0.1, -0.05) is 19.1 Å². The monoisotopic (exact) mass is 405 g/mol. The molecule has 1 N–H and O–H groups in total. The van der Waals surface area contributed by atoms with Gasteiger partial charge >= 0.3 is 0 Å². The third kappa shape index (κ3) is 2.68. The molecule has 0 spiro atoms. The van der Waals surface area contributed by atoms with Crippen molar-refractivity contribution < 1.29 is 22.8 Å². The zero-order valence-corrected chi connectivity index (χ0v) is 16.7. The van der Waals surface area contributed by atoms with E-state index in [0.717, 1.165) is 0 Å². The van der Waals surface area contributed by atoms with Gasteiger partial charge in [-0.2, -0.15) is 4.31 Å². The summed E-state index contributed by atoms with van der Waals surface area (Å²) in [5.74, 6) is -2.13. The van der Waals surface area contributed by atoms with Gasteiger partial charge in [-0.25, -0.2) is 8.42 Å². The van der Waals surface area contributed by atoms with Crippen LogP contribution in [-0.4, -0.2) is 67.2 Å². The molecule has 28 heavy (non-hydrogen) atoms. The molecule has 1 saturated carbocycles. The second kappa shape index (κ2) is 6.38. The quantitative estimate of drug-likeness (QED) is 0.792. The van der Waals surface area contributed by atoms with Crippen molar-refractivity contribution in [2.45, 2.75) is 13.8 Å². The number of carbonyl (C=O) groups is 3. The average Bonchev–Trinajstić information content (AvgIpc) is 3.35. The minimum atomic E-state index is -3.29. The number of amides is 2. The molecule has 1 unspecified atom stereocenters. The van der Waals surface area contributed by atoms with E-state index in [1.165, 1.54) is 4.31 Å². The van der Waals surface area contributed by atoms with Gasteiger partial charge in [0, 0.05) is 31.7 Å². The van der Waals surface area contributed by atoms with Crippen LogP contribution < -0.4 is 5.32 Å². The van der Waals surface area contributed by atoms with Gasteiger partial charge in [-0.05, 0) is 19.1 Å². The van der Waals surface area contributed by atoms with Gasteiger partial charge in [0.1, 0.15) is 0 Å². The summed E-state index contributed by atoms with van der Waals surface area (Å²) >= 11 is 0. The number of nitrogens with zero attached hydrogens (tertiary/aromatic N) is 2. The predicted molar refractivity (Wildman–Crippen MR) is 102 cm³/mol. The van der Waals surface area contributed by atoms with E-state index in [-0.39, 0.29) is 49.5 Å². The third-order valence-corrected chi connectivity index (χ3v) is 8.17. The Bertz CT molecular complexity index is 968. The maximum atomic E-state index is 13.1. The molecule has 4 rings (SSSR count). The van der Waals surface area contributed by atoms with Gasteiger partial charge in [-0.3, -0.25) is 14.4 Å². The second-order valence-electron chi connectivity index (χ2n) is 7.73. The topological polar surface area (TPSA) is 104 Å². The molecule has 0 aromatic heterocycles. The van der Waals surface area contributed by atoms with Gasteiger partial charge in [0.15, 0.2) is 5.78 Å². The number of hydrogen-bond donors (Lipinski definition) is 1. The average molecular weight is 405 g/mol. The van der Waals surface area contributed by atoms with E-state index in [1.807, 2.05) is 0 Å². The van der Waals surface area contributed by atoms with Crippen LogP contribution in [0.15, 0.2) is 24.3 Å². The SMILES string of the molecule is CCS(=O)(=O)N1CCN(C(=O)[C@@H]2C3C(=O)Nc4ccccc4C(=O)[C@@]32C)CC1. The molecule has 9 heteroatoms. The normalized spacial score (nSPS) is 30.1. The number of fused-ring (bicyclic) bond motifs is 2. The summed E-state index contributed by atoms with van der Waals surface area (Å²) in [4.78, 5) is 40.5. The number of hydrogen-bond acceptors (Lipinski definition) is 5. The van der Waals surface area contributed by atoms with Crippen LogP contribution in [0, 0.1) is 17.3 Å². The number of para-hydroxylation sites is 1. The minimum Gasteiger partial charge on any atom is -0.340 e. The zero-order chi connectivity index (χ0) is 20.3. The number of nitrogens with one attached hydrogen (secondary N) is 1. The molecule has 0 bridgehead atoms. The van der Waals surface area contributed by atoms with Crippen LogP contribution in [0.4, 0.5) is 5.69 Å². The highest BCUT2D eigenvalue weighted by Gasteiger charge is 2.74. The van der Waals surface area contributed by atoms with Crippen molar-refractivity contribution in [2.75, 3.05) is 37.2 Å². The van der Waals surface area contributed by atoms with Gasteiger partial charge in [-0.15, -0.1) is 0 Å². The number of anilines is 1. The molecule has 2 fully saturated rings. The van der Waals surface area contributed by atoms with Gasteiger partial charge in [0.25, 0.3) is 0 Å². The number of Topliss-reactive ketones (excluding diaryl/α,β-unsaturated/α-hetero) is 1. The number of sulfonamides is 1. The summed E-state index contributed by atoms with van der Waals surface area (Å²) in [7, 11) is -3.29.